The Bertz CT molecular complexity index is 1160. The number of imidazole rings is 2. The van der Waals surface area contributed by atoms with E-state index in [1.54, 1.807) is 0 Å². The summed E-state index contributed by atoms with van der Waals surface area (Å²) in [5.74, 6) is 0. The molecule has 4 rings (SSSR count). The molecule has 158 valence electrons. The molecular formula is C24H28BN4S2+. The van der Waals surface area contributed by atoms with Gasteiger partial charge in [-0.25, -0.2) is 0 Å². The van der Waals surface area contributed by atoms with Gasteiger partial charge >= 0.3 is 0 Å². The lowest BCUT2D eigenvalue weighted by molar-refractivity contribution is -0.698. The molecule has 0 aliphatic carbocycles. The van der Waals surface area contributed by atoms with Crippen molar-refractivity contribution in [3.8, 4) is 11.4 Å². The van der Waals surface area contributed by atoms with Crippen LogP contribution in [0.2, 0.25) is 0 Å². The van der Waals surface area contributed by atoms with Gasteiger partial charge in [-0.05, 0) is 63.8 Å². The number of rotatable bonds is 4. The Labute approximate surface area is 196 Å². The van der Waals surface area contributed by atoms with Crippen LogP contribution in [-0.4, -0.2) is 16.7 Å². The minimum atomic E-state index is 0.825. The molecule has 0 fully saturated rings. The SMILES string of the molecule is Cc1cc(C)c(-n2cc[n+]([B-][n+]3ccn(-c4c(C)cc(C)cc4C)c3S)c2S)c(C)c1. The molecule has 7 heteroatoms. The van der Waals surface area contributed by atoms with E-state index >= 15 is 0 Å². The van der Waals surface area contributed by atoms with Crippen LogP contribution < -0.4 is 8.96 Å². The smallest absolute Gasteiger partial charge is 0.272 e. The van der Waals surface area contributed by atoms with E-state index < -0.39 is 0 Å². The van der Waals surface area contributed by atoms with Gasteiger partial charge < -0.3 is 8.96 Å². The van der Waals surface area contributed by atoms with Crippen LogP contribution in [0.15, 0.2) is 59.4 Å². The van der Waals surface area contributed by atoms with Crippen LogP contribution in [0.1, 0.15) is 33.4 Å². The van der Waals surface area contributed by atoms with Gasteiger partial charge in [-0.1, -0.05) is 60.6 Å². The number of benzene rings is 2. The maximum atomic E-state index is 4.83. The number of nitrogens with zero attached hydrogens (tertiary/aromatic N) is 4. The second kappa shape index (κ2) is 8.28. The molecule has 0 unspecified atom stereocenters. The zero-order valence-corrected chi connectivity index (χ0v) is 20.7. The van der Waals surface area contributed by atoms with Crippen molar-refractivity contribution in [3.05, 3.63) is 82.4 Å². The first-order valence-electron chi connectivity index (χ1n) is 10.3. The van der Waals surface area contributed by atoms with E-state index in [9.17, 15) is 0 Å². The molecule has 0 atom stereocenters. The first-order valence-corrected chi connectivity index (χ1v) is 11.2. The van der Waals surface area contributed by atoms with Gasteiger partial charge in [0.2, 0.25) is 7.55 Å². The third-order valence-electron chi connectivity index (χ3n) is 5.65. The molecule has 4 nitrogen and oxygen atoms in total. The van der Waals surface area contributed by atoms with E-state index in [4.69, 9.17) is 25.3 Å². The van der Waals surface area contributed by atoms with Gasteiger partial charge in [0.1, 0.15) is 23.8 Å². The topological polar surface area (TPSA) is 17.6 Å². The number of hydrogen-bond donors (Lipinski definition) is 2. The largest absolute Gasteiger partial charge is 0.429 e. The van der Waals surface area contributed by atoms with Gasteiger partial charge in [0.05, 0.1) is 12.4 Å². The second-order valence-corrected chi connectivity index (χ2v) is 9.16. The standard InChI is InChI=1S/C24H26BN4S2/c1-15-11-17(3)21(18(4)12-15)26-7-9-28(23(26)30)25-29-10-8-27(24(29)31)22-19(5)13-16(2)14-20(22)6/h7-14H,1-6H3/q-1/p+2. The van der Waals surface area contributed by atoms with Gasteiger partial charge in [0.25, 0.3) is 10.3 Å². The van der Waals surface area contributed by atoms with Gasteiger partial charge in [-0.15, -0.1) is 0 Å². The molecule has 0 bridgehead atoms. The van der Waals surface area contributed by atoms with Crippen LogP contribution in [0.25, 0.3) is 11.4 Å². The molecule has 2 aromatic carbocycles. The lowest BCUT2D eigenvalue weighted by atomic mass is 10.1. The first-order chi connectivity index (χ1) is 14.7. The van der Waals surface area contributed by atoms with Crippen LogP contribution in [0.5, 0.6) is 0 Å². The Hall–Kier alpha value is -2.38. The average Bonchev–Trinajstić information content (AvgIpc) is 3.19. The van der Waals surface area contributed by atoms with Crippen LogP contribution in [0, 0.1) is 41.5 Å². The van der Waals surface area contributed by atoms with Crippen molar-refractivity contribution in [2.75, 3.05) is 0 Å². The van der Waals surface area contributed by atoms with E-state index in [1.807, 2.05) is 41.3 Å². The fraction of sp³-hybridized carbons (Fsp3) is 0.250. The fourth-order valence-electron chi connectivity index (χ4n) is 4.56. The molecule has 0 aliphatic heterocycles. The van der Waals surface area contributed by atoms with E-state index in [0.717, 1.165) is 10.3 Å². The van der Waals surface area contributed by atoms with Crippen molar-refractivity contribution in [1.29, 1.82) is 0 Å². The predicted octanol–water partition coefficient (Wildman–Crippen LogP) is 4.20. The van der Waals surface area contributed by atoms with Crippen molar-refractivity contribution in [2.45, 2.75) is 51.9 Å². The highest BCUT2D eigenvalue weighted by atomic mass is 32.1. The third-order valence-corrected chi connectivity index (χ3v) is 6.54. The van der Waals surface area contributed by atoms with Crippen LogP contribution in [0.4, 0.5) is 0 Å². The summed E-state index contributed by atoms with van der Waals surface area (Å²) in [5.41, 5.74) is 9.80. The van der Waals surface area contributed by atoms with Gasteiger partial charge in [-0.2, -0.15) is 9.13 Å². The van der Waals surface area contributed by atoms with Crippen LogP contribution >= 0.6 is 25.3 Å². The summed E-state index contributed by atoms with van der Waals surface area (Å²) in [5, 5.41) is 1.65. The lowest BCUT2D eigenvalue weighted by Crippen LogP contribution is -2.59. The Balaban J connectivity index is 1.70. The molecule has 0 aliphatic rings. The van der Waals surface area contributed by atoms with Gasteiger partial charge in [-0.3, -0.25) is 0 Å². The van der Waals surface area contributed by atoms with E-state index in [1.165, 1.54) is 44.8 Å². The van der Waals surface area contributed by atoms with Crippen molar-refractivity contribution in [1.82, 2.24) is 9.13 Å². The van der Waals surface area contributed by atoms with Crippen LogP contribution in [0.3, 0.4) is 0 Å². The molecule has 2 aromatic heterocycles. The van der Waals surface area contributed by atoms with Crippen molar-refractivity contribution < 1.29 is 8.96 Å². The molecule has 0 spiro atoms. The van der Waals surface area contributed by atoms with Crippen molar-refractivity contribution in [2.24, 2.45) is 0 Å². The molecule has 0 N–H and O–H groups in total. The summed E-state index contributed by atoms with van der Waals surface area (Å²) < 4.78 is 8.24. The number of aromatic nitrogens is 4. The summed E-state index contributed by atoms with van der Waals surface area (Å²) in [4.78, 5) is 0. The van der Waals surface area contributed by atoms with Crippen LogP contribution in [-0.2, 0) is 0 Å². The van der Waals surface area contributed by atoms with E-state index in [0.29, 0.717) is 0 Å². The fourth-order valence-corrected chi connectivity index (χ4v) is 5.13. The zero-order valence-electron chi connectivity index (χ0n) is 18.9. The van der Waals surface area contributed by atoms with Crippen molar-refractivity contribution in [3.63, 3.8) is 0 Å². The van der Waals surface area contributed by atoms with Gasteiger partial charge in [0.15, 0.2) is 0 Å². The highest BCUT2D eigenvalue weighted by molar-refractivity contribution is 7.80. The normalized spacial score (nSPS) is 11.4. The molecule has 2 radical (unpaired) electrons. The quantitative estimate of drug-likeness (QED) is 0.345. The number of hydrogen-bond acceptors (Lipinski definition) is 2. The second-order valence-electron chi connectivity index (χ2n) is 8.36. The minimum Gasteiger partial charge on any atom is -0.429 e. The molecular weight excluding hydrogens is 419 g/mol. The number of aryl methyl sites for hydroxylation is 6. The summed E-state index contributed by atoms with van der Waals surface area (Å²) in [6, 6.07) is 8.82. The Kier molecular flexibility index (Phi) is 5.84. The van der Waals surface area contributed by atoms with Gasteiger partial charge in [0, 0.05) is 0 Å². The Morgan fingerprint density at radius 3 is 1.26 bits per heavy atom. The predicted molar refractivity (Wildman–Crippen MR) is 131 cm³/mol. The van der Waals surface area contributed by atoms with E-state index in [-0.39, 0.29) is 0 Å². The highest BCUT2D eigenvalue weighted by Crippen LogP contribution is 2.24. The molecule has 0 saturated carbocycles. The molecule has 0 amide bonds. The summed E-state index contributed by atoms with van der Waals surface area (Å²) >= 11 is 9.66. The Morgan fingerprint density at radius 2 is 0.935 bits per heavy atom. The molecule has 2 heterocycles. The maximum Gasteiger partial charge on any atom is 0.272 e. The number of thiol groups is 2. The van der Waals surface area contributed by atoms with E-state index in [2.05, 4.69) is 74.9 Å². The molecule has 0 saturated heterocycles. The lowest BCUT2D eigenvalue weighted by Gasteiger charge is -2.13. The summed E-state index contributed by atoms with van der Waals surface area (Å²) in [7, 11) is 2.00. The highest BCUT2D eigenvalue weighted by Gasteiger charge is 2.19. The molecule has 4 aromatic rings. The summed E-state index contributed by atoms with van der Waals surface area (Å²) in [6.45, 7) is 12.8. The summed E-state index contributed by atoms with van der Waals surface area (Å²) in [6.07, 6.45) is 8.13. The van der Waals surface area contributed by atoms with Crippen molar-refractivity contribution >= 4 is 32.8 Å². The third kappa shape index (κ3) is 3.97. The maximum absolute atomic E-state index is 4.83. The average molecular weight is 447 g/mol. The monoisotopic (exact) mass is 447 g/mol. The minimum absolute atomic E-state index is 0.825. The first kappa shape index (κ1) is 21.8. The Morgan fingerprint density at radius 1 is 0.613 bits per heavy atom. The molecule has 31 heavy (non-hydrogen) atoms. The zero-order chi connectivity index (χ0) is 22.4.